The molecule has 0 aromatic heterocycles. The fourth-order valence-corrected chi connectivity index (χ4v) is 9.18. The summed E-state index contributed by atoms with van der Waals surface area (Å²) in [6, 6.07) is 0. The van der Waals surface area contributed by atoms with Gasteiger partial charge in [-0.25, -0.2) is 4.57 Å². The summed E-state index contributed by atoms with van der Waals surface area (Å²) in [7, 11) is -4.76. The van der Waals surface area contributed by atoms with Gasteiger partial charge in [0.25, 0.3) is 0 Å². The van der Waals surface area contributed by atoms with Crippen LogP contribution >= 0.6 is 7.82 Å². The van der Waals surface area contributed by atoms with Crippen molar-refractivity contribution >= 4 is 25.7 Å². The van der Waals surface area contributed by atoms with Crippen molar-refractivity contribution in [3.8, 4) is 0 Å². The lowest BCUT2D eigenvalue weighted by Gasteiger charge is -2.21. The predicted molar refractivity (Wildman–Crippen MR) is 316 cm³/mol. The van der Waals surface area contributed by atoms with Crippen LogP contribution in [0, 0.1) is 0 Å². The molecule has 11 nitrogen and oxygen atoms in total. The normalized spacial score (nSPS) is 13.8. The van der Waals surface area contributed by atoms with Crippen LogP contribution in [0.3, 0.4) is 0 Å². The Kier molecular flexibility index (Phi) is 55.7. The number of aliphatic hydroxyl groups excluding tert-OH is 1. The molecule has 3 atom stereocenters. The Morgan fingerprint density at radius 2 is 0.684 bits per heavy atom. The summed E-state index contributed by atoms with van der Waals surface area (Å²) in [6.45, 7) is 4.49. The number of carbonyl (C=O) groups excluding carboxylic acids is 3. The average molecular weight is 1090 g/mol. The van der Waals surface area contributed by atoms with Gasteiger partial charge in [-0.3, -0.25) is 23.4 Å². The molecule has 0 aliphatic rings. The molecule has 0 aromatic rings. The third kappa shape index (κ3) is 55.7. The van der Waals surface area contributed by atoms with E-state index in [4.69, 9.17) is 23.3 Å². The monoisotopic (exact) mass is 1090 g/mol. The lowest BCUT2D eigenvalue weighted by atomic mass is 10.1. The van der Waals surface area contributed by atoms with Gasteiger partial charge >= 0.3 is 25.7 Å². The van der Waals surface area contributed by atoms with E-state index in [1.165, 1.54) is 122 Å². The highest BCUT2D eigenvalue weighted by atomic mass is 31.2. The lowest BCUT2D eigenvalue weighted by Crippen LogP contribution is -2.30. The number of allylic oxidation sites excluding steroid dienone is 12. The second-order valence-electron chi connectivity index (χ2n) is 20.5. The van der Waals surface area contributed by atoms with E-state index < -0.39 is 57.8 Å². The van der Waals surface area contributed by atoms with E-state index in [2.05, 4.69) is 93.7 Å². The minimum Gasteiger partial charge on any atom is -0.462 e. The standard InChI is InChI=1S/C64H113O11P/c1-4-7-10-13-16-19-22-25-28-29-30-31-34-37-40-43-46-49-52-55-64(68)75-61(57-71-62(66)53-50-47-44-41-38-35-32-26-23-20-17-14-11-8-5-2)59-73-76(69,70)72-58-60(56-65)74-63(67)54-51-48-45-42-39-36-33-27-24-21-18-15-12-9-6-3/h8,11,17,20,25-28,32-33,38,41,60-61,65H,4-7,9-10,12-16,18-19,21-24,29-31,34-37,39-40,42-59H2,1-3H3,(H,69,70)/b11-8-,20-17-,28-25-,32-26-,33-27-,41-38-. The molecule has 76 heavy (non-hydrogen) atoms. The maximum absolute atomic E-state index is 12.9. The van der Waals surface area contributed by atoms with Gasteiger partial charge in [0.2, 0.25) is 0 Å². The maximum atomic E-state index is 12.9. The summed E-state index contributed by atoms with van der Waals surface area (Å²) >= 11 is 0. The lowest BCUT2D eigenvalue weighted by molar-refractivity contribution is -0.161. The van der Waals surface area contributed by atoms with Crippen LogP contribution in [-0.2, 0) is 42.2 Å². The van der Waals surface area contributed by atoms with Gasteiger partial charge < -0.3 is 24.2 Å². The van der Waals surface area contributed by atoms with Gasteiger partial charge in [0.15, 0.2) is 6.10 Å². The van der Waals surface area contributed by atoms with Crippen molar-refractivity contribution in [3.05, 3.63) is 72.9 Å². The number of phosphoric acid groups is 1. The fraction of sp³-hybridized carbons (Fsp3) is 0.766. The van der Waals surface area contributed by atoms with E-state index >= 15 is 0 Å². The molecule has 0 spiro atoms. The zero-order chi connectivity index (χ0) is 55.5. The molecule has 0 radical (unpaired) electrons. The highest BCUT2D eigenvalue weighted by Crippen LogP contribution is 2.43. The van der Waals surface area contributed by atoms with E-state index in [1.807, 2.05) is 0 Å². The van der Waals surface area contributed by atoms with Gasteiger partial charge in [0.05, 0.1) is 19.8 Å². The first-order valence-electron chi connectivity index (χ1n) is 30.8. The first-order chi connectivity index (χ1) is 37.2. The molecule has 0 saturated heterocycles. The van der Waals surface area contributed by atoms with Gasteiger partial charge in [-0.1, -0.05) is 222 Å². The molecule has 2 N–H and O–H groups in total. The second kappa shape index (κ2) is 58.1. The van der Waals surface area contributed by atoms with Gasteiger partial charge in [-0.2, -0.15) is 0 Å². The van der Waals surface area contributed by atoms with Crippen molar-refractivity contribution < 1.29 is 52.2 Å². The quantitative estimate of drug-likeness (QED) is 0.0197. The number of aliphatic hydroxyl groups is 1. The highest BCUT2D eigenvalue weighted by molar-refractivity contribution is 7.47. The molecule has 0 aliphatic heterocycles. The Bertz CT molecular complexity index is 1550. The van der Waals surface area contributed by atoms with E-state index in [0.29, 0.717) is 19.3 Å². The first kappa shape index (κ1) is 72.9. The molecule has 440 valence electrons. The van der Waals surface area contributed by atoms with Gasteiger partial charge in [-0.15, -0.1) is 0 Å². The van der Waals surface area contributed by atoms with Crippen molar-refractivity contribution in [3.63, 3.8) is 0 Å². The number of hydrogen-bond donors (Lipinski definition) is 2. The fourth-order valence-electron chi connectivity index (χ4n) is 8.40. The summed E-state index contributed by atoms with van der Waals surface area (Å²) in [5.41, 5.74) is 0. The van der Waals surface area contributed by atoms with Gasteiger partial charge in [-0.05, 0) is 109 Å². The Hall–Kier alpha value is -3.08. The number of esters is 3. The zero-order valence-electron chi connectivity index (χ0n) is 48.7. The molecule has 0 saturated carbocycles. The van der Waals surface area contributed by atoms with E-state index in [0.717, 1.165) is 96.3 Å². The topological polar surface area (TPSA) is 155 Å². The van der Waals surface area contributed by atoms with Crippen molar-refractivity contribution in [2.45, 2.75) is 290 Å². The van der Waals surface area contributed by atoms with Crippen LogP contribution < -0.4 is 0 Å². The molecule has 0 rings (SSSR count). The minimum atomic E-state index is -4.76. The molecule has 12 heteroatoms. The predicted octanol–water partition coefficient (Wildman–Crippen LogP) is 18.5. The number of unbranched alkanes of at least 4 members (excludes halogenated alkanes) is 28. The Labute approximate surface area is 465 Å². The summed E-state index contributed by atoms with van der Waals surface area (Å²) < 4.78 is 39.6. The van der Waals surface area contributed by atoms with Crippen LogP contribution in [-0.4, -0.2) is 66.5 Å². The van der Waals surface area contributed by atoms with E-state index in [-0.39, 0.29) is 25.9 Å². The molecule has 0 bridgehead atoms. The van der Waals surface area contributed by atoms with Crippen molar-refractivity contribution in [1.82, 2.24) is 0 Å². The summed E-state index contributed by atoms with van der Waals surface area (Å²) in [6.07, 6.45) is 65.7. The van der Waals surface area contributed by atoms with Crippen LogP contribution in [0.2, 0.25) is 0 Å². The smallest absolute Gasteiger partial charge is 0.462 e. The molecular formula is C64H113O11P. The summed E-state index contributed by atoms with van der Waals surface area (Å²) in [4.78, 5) is 48.6. The van der Waals surface area contributed by atoms with E-state index in [9.17, 15) is 28.9 Å². The molecule has 0 aliphatic carbocycles. The number of rotatable bonds is 57. The Morgan fingerprint density at radius 3 is 1.09 bits per heavy atom. The number of ether oxygens (including phenoxy) is 3. The van der Waals surface area contributed by atoms with Crippen molar-refractivity contribution in [2.24, 2.45) is 0 Å². The molecule has 0 amide bonds. The third-order valence-electron chi connectivity index (χ3n) is 13.1. The van der Waals surface area contributed by atoms with Crippen LogP contribution in [0.1, 0.15) is 278 Å². The van der Waals surface area contributed by atoms with E-state index in [1.54, 1.807) is 0 Å². The van der Waals surface area contributed by atoms with Crippen LogP contribution in [0.25, 0.3) is 0 Å². The third-order valence-corrected chi connectivity index (χ3v) is 14.0. The van der Waals surface area contributed by atoms with Gasteiger partial charge in [0.1, 0.15) is 12.7 Å². The minimum absolute atomic E-state index is 0.155. The first-order valence-corrected chi connectivity index (χ1v) is 32.3. The molecule has 0 fully saturated rings. The second-order valence-corrected chi connectivity index (χ2v) is 21.9. The SMILES string of the molecule is CC/C=C\C/C=C\C/C=C\C/C=C\CCCCC(=O)OCC(COP(=O)(O)OCC(CO)OC(=O)CCCCCCC/C=C\CCCCCCCC)OC(=O)CCCCCCCCCCC/C=C\CCCCCCCC. The van der Waals surface area contributed by atoms with Crippen LogP contribution in [0.4, 0.5) is 0 Å². The molecule has 0 aromatic carbocycles. The van der Waals surface area contributed by atoms with Crippen LogP contribution in [0.5, 0.6) is 0 Å². The number of hydrogen-bond acceptors (Lipinski definition) is 10. The number of phosphoric ester groups is 1. The molecule has 3 unspecified atom stereocenters. The van der Waals surface area contributed by atoms with Crippen LogP contribution in [0.15, 0.2) is 72.9 Å². The average Bonchev–Trinajstić information content (AvgIpc) is 3.41. The zero-order valence-corrected chi connectivity index (χ0v) is 49.6. The highest BCUT2D eigenvalue weighted by Gasteiger charge is 2.28. The Balaban J connectivity index is 4.75. The number of carbonyl (C=O) groups is 3. The van der Waals surface area contributed by atoms with Gasteiger partial charge in [0, 0.05) is 19.3 Å². The van der Waals surface area contributed by atoms with Crippen molar-refractivity contribution in [1.29, 1.82) is 0 Å². The maximum Gasteiger partial charge on any atom is 0.472 e. The summed E-state index contributed by atoms with van der Waals surface area (Å²) in [5.74, 6) is -1.52. The molecule has 0 heterocycles. The molecular weight excluding hydrogens is 976 g/mol. The Morgan fingerprint density at radius 1 is 0.382 bits per heavy atom. The van der Waals surface area contributed by atoms with Crippen molar-refractivity contribution in [2.75, 3.05) is 26.4 Å². The largest absolute Gasteiger partial charge is 0.472 e. The summed E-state index contributed by atoms with van der Waals surface area (Å²) in [5, 5.41) is 9.83.